The van der Waals surface area contributed by atoms with Crippen LogP contribution in [0.5, 0.6) is 0 Å². The molecule has 3 heteroatoms. The summed E-state index contributed by atoms with van der Waals surface area (Å²) >= 11 is 0. The fourth-order valence-corrected chi connectivity index (χ4v) is 8.03. The summed E-state index contributed by atoms with van der Waals surface area (Å²) in [6.45, 7) is 0. The van der Waals surface area contributed by atoms with Crippen molar-refractivity contribution in [3.05, 3.63) is 133 Å². The van der Waals surface area contributed by atoms with E-state index in [0.29, 0.717) is 5.22 Å². The number of fused-ring (bicyclic) bond motifs is 2. The van der Waals surface area contributed by atoms with Gasteiger partial charge in [0.25, 0.3) is 0 Å². The zero-order valence-corrected chi connectivity index (χ0v) is 24.0. The highest BCUT2D eigenvalue weighted by molar-refractivity contribution is 6.38. The largest absolute Gasteiger partial charge is 0.307 e. The Morgan fingerprint density at radius 3 is 1.29 bits per heavy atom. The van der Waals surface area contributed by atoms with E-state index in [9.17, 15) is 10.5 Å². The average molecular weight is 568 g/mol. The Bertz CT molecular complexity index is 2630. The van der Waals surface area contributed by atoms with Crippen LogP contribution in [-0.2, 0) is 0 Å². The Morgan fingerprint density at radius 2 is 0.844 bits per heavy atom. The number of rotatable bonds is 2. The zero-order chi connectivity index (χ0) is 29.8. The third kappa shape index (κ3) is 2.92. The molecule has 0 fully saturated rings. The highest BCUT2D eigenvalue weighted by Gasteiger charge is 2.35. The summed E-state index contributed by atoms with van der Waals surface area (Å²) in [6, 6.07) is 49.6. The molecule has 0 spiro atoms. The molecule has 0 saturated carbocycles. The summed E-state index contributed by atoms with van der Waals surface area (Å²) < 4.78 is 0. The second-order valence-corrected chi connectivity index (χ2v) is 11.8. The van der Waals surface area contributed by atoms with Crippen molar-refractivity contribution in [1.82, 2.24) is 0 Å². The normalized spacial score (nSPS) is 12.4. The molecule has 3 heterocycles. The lowest BCUT2D eigenvalue weighted by Gasteiger charge is -2.39. The Hall–Kier alpha value is -6.42. The van der Waals surface area contributed by atoms with Gasteiger partial charge in [0.15, 0.2) is 0 Å². The molecule has 0 radical (unpaired) electrons. The SMILES string of the molecule is N#CC(C#N)=c1c2cc(-c3ccccc3)c3cccc4c5cccc6c5N(c2c34)c2c1cc(-c1ccccc1)c1cccc6c21. The summed E-state index contributed by atoms with van der Waals surface area (Å²) in [4.78, 5) is 2.44. The molecule has 45 heavy (non-hydrogen) atoms. The van der Waals surface area contributed by atoms with Gasteiger partial charge in [-0.05, 0) is 55.9 Å². The van der Waals surface area contributed by atoms with E-state index in [-0.39, 0.29) is 5.57 Å². The highest BCUT2D eigenvalue weighted by Crippen LogP contribution is 2.59. The predicted octanol–water partition coefficient (Wildman–Crippen LogP) is 10.4. The molecule has 3 aliphatic heterocycles. The lowest BCUT2D eigenvalue weighted by molar-refractivity contribution is 1.34. The smallest absolute Gasteiger partial charge is 0.138 e. The lowest BCUT2D eigenvalue weighted by atomic mass is 9.81. The molecule has 0 saturated heterocycles. The number of hydrogen-bond acceptors (Lipinski definition) is 3. The molecule has 10 rings (SSSR count). The maximum absolute atomic E-state index is 10.5. The topological polar surface area (TPSA) is 50.8 Å². The molecule has 0 unspecified atom stereocenters. The van der Waals surface area contributed by atoms with E-state index >= 15 is 0 Å². The maximum atomic E-state index is 10.5. The minimum atomic E-state index is 0.124. The minimum absolute atomic E-state index is 0.124. The van der Waals surface area contributed by atoms with Crippen LogP contribution in [0.4, 0.5) is 17.1 Å². The van der Waals surface area contributed by atoms with Crippen molar-refractivity contribution >= 4 is 76.5 Å². The first kappa shape index (κ1) is 24.1. The van der Waals surface area contributed by atoms with Crippen LogP contribution in [0.3, 0.4) is 0 Å². The first-order valence-corrected chi connectivity index (χ1v) is 15.1. The maximum Gasteiger partial charge on any atom is 0.138 e. The molecule has 204 valence electrons. The Morgan fingerprint density at radius 1 is 0.422 bits per heavy atom. The van der Waals surface area contributed by atoms with E-state index in [1.54, 1.807) is 0 Å². The van der Waals surface area contributed by atoms with Crippen molar-refractivity contribution < 1.29 is 0 Å². The molecule has 0 atom stereocenters. The molecular weight excluding hydrogens is 546 g/mol. The molecule has 7 aromatic carbocycles. The Kier molecular flexibility index (Phi) is 4.59. The van der Waals surface area contributed by atoms with Crippen molar-refractivity contribution in [2.24, 2.45) is 0 Å². The van der Waals surface area contributed by atoms with E-state index in [4.69, 9.17) is 0 Å². The molecule has 3 aliphatic rings. The number of benzene rings is 7. The van der Waals surface area contributed by atoms with Gasteiger partial charge in [-0.3, -0.25) is 0 Å². The molecule has 0 aliphatic carbocycles. The number of hydrogen-bond donors (Lipinski definition) is 0. The van der Waals surface area contributed by atoms with E-state index in [2.05, 4.69) is 132 Å². The van der Waals surface area contributed by atoms with Crippen LogP contribution in [0.1, 0.15) is 0 Å². The molecule has 0 N–H and O–H groups in total. The van der Waals surface area contributed by atoms with Crippen molar-refractivity contribution in [3.8, 4) is 34.4 Å². The van der Waals surface area contributed by atoms with Gasteiger partial charge >= 0.3 is 0 Å². The van der Waals surface area contributed by atoms with Crippen LogP contribution in [-0.4, -0.2) is 0 Å². The third-order valence-corrected chi connectivity index (χ3v) is 9.74. The number of nitriles is 2. The van der Waals surface area contributed by atoms with Crippen LogP contribution in [0, 0.1) is 22.7 Å². The van der Waals surface area contributed by atoms with Gasteiger partial charge in [-0.15, -0.1) is 0 Å². The number of para-hydroxylation sites is 1. The summed E-state index contributed by atoms with van der Waals surface area (Å²) in [5.41, 5.74) is 7.76. The standard InChI is InChI=1S/C42H21N3/c43-22-26(23-44)37-35-20-33(24-10-3-1-4-11-24)29-16-7-14-27-31-18-9-19-32-28-15-8-17-30-34(25-12-5-2-6-13-25)21-36(37)42(39(28)30)45(40(31)32)41(35)38(27)29/h1-21H. The fraction of sp³-hybridized carbons (Fsp3) is 0. The number of anilines is 3. The second-order valence-electron chi connectivity index (χ2n) is 11.8. The summed E-state index contributed by atoms with van der Waals surface area (Å²) in [7, 11) is 0. The summed E-state index contributed by atoms with van der Waals surface area (Å²) in [5.74, 6) is 0. The highest BCUT2D eigenvalue weighted by atomic mass is 15.2. The number of nitrogens with zero attached hydrogens (tertiary/aromatic N) is 3. The first-order valence-electron chi connectivity index (χ1n) is 15.1. The van der Waals surface area contributed by atoms with Crippen molar-refractivity contribution in [1.29, 1.82) is 10.5 Å². The molecule has 0 aromatic heterocycles. The molecule has 0 bridgehead atoms. The Balaban J connectivity index is 1.61. The van der Waals surface area contributed by atoms with Gasteiger partial charge in [-0.1, -0.05) is 115 Å². The van der Waals surface area contributed by atoms with Crippen LogP contribution in [0.15, 0.2) is 127 Å². The first-order chi connectivity index (χ1) is 22.3. The van der Waals surface area contributed by atoms with Gasteiger partial charge in [0.05, 0.1) is 17.1 Å². The molecule has 0 amide bonds. The summed E-state index contributed by atoms with van der Waals surface area (Å²) in [6.07, 6.45) is 0. The van der Waals surface area contributed by atoms with Gasteiger partial charge < -0.3 is 4.90 Å². The van der Waals surface area contributed by atoms with Crippen molar-refractivity contribution in [2.45, 2.75) is 0 Å². The lowest BCUT2D eigenvalue weighted by Crippen LogP contribution is -2.25. The van der Waals surface area contributed by atoms with Gasteiger partial charge in [0.2, 0.25) is 0 Å². The van der Waals surface area contributed by atoms with E-state index in [0.717, 1.165) is 71.6 Å². The van der Waals surface area contributed by atoms with Crippen LogP contribution >= 0.6 is 0 Å². The quantitative estimate of drug-likeness (QED) is 0.209. The minimum Gasteiger partial charge on any atom is -0.307 e. The predicted molar refractivity (Wildman–Crippen MR) is 185 cm³/mol. The van der Waals surface area contributed by atoms with Crippen molar-refractivity contribution in [3.63, 3.8) is 0 Å². The molecular formula is C42H21N3. The molecule has 7 aromatic rings. The average Bonchev–Trinajstić information content (AvgIpc) is 3.11. The van der Waals surface area contributed by atoms with E-state index in [1.165, 1.54) is 21.5 Å². The zero-order valence-electron chi connectivity index (χ0n) is 24.0. The third-order valence-electron chi connectivity index (χ3n) is 9.74. The van der Waals surface area contributed by atoms with E-state index in [1.807, 2.05) is 12.1 Å². The van der Waals surface area contributed by atoms with Gasteiger partial charge in [-0.25, -0.2) is 0 Å². The van der Waals surface area contributed by atoms with Gasteiger partial charge in [-0.2, -0.15) is 10.5 Å². The van der Waals surface area contributed by atoms with Crippen LogP contribution < -0.4 is 10.1 Å². The Labute approximate surface area is 258 Å². The fourth-order valence-electron chi connectivity index (χ4n) is 8.03. The molecule has 3 nitrogen and oxygen atoms in total. The van der Waals surface area contributed by atoms with Gasteiger partial charge in [0, 0.05) is 37.5 Å². The second kappa shape index (κ2) is 8.57. The van der Waals surface area contributed by atoms with Crippen LogP contribution in [0.2, 0.25) is 0 Å². The van der Waals surface area contributed by atoms with Gasteiger partial charge in [0.1, 0.15) is 17.7 Å². The van der Waals surface area contributed by atoms with Crippen molar-refractivity contribution in [2.75, 3.05) is 4.90 Å². The monoisotopic (exact) mass is 567 g/mol. The summed E-state index contributed by atoms with van der Waals surface area (Å²) in [5, 5.41) is 32.8. The van der Waals surface area contributed by atoms with Crippen LogP contribution in [0.25, 0.3) is 81.7 Å². The van der Waals surface area contributed by atoms with E-state index < -0.39 is 0 Å².